The Balaban J connectivity index is 1.65. The Kier molecular flexibility index (Phi) is 6.91. The predicted molar refractivity (Wildman–Crippen MR) is 113 cm³/mol. The van der Waals surface area contributed by atoms with Crippen LogP contribution in [0, 0.1) is 5.82 Å². The number of halogens is 1. The Labute approximate surface area is 179 Å². The summed E-state index contributed by atoms with van der Waals surface area (Å²) in [4.78, 5) is 25.7. The molecule has 0 aliphatic rings. The number of carbonyl (C=O) groups excluding carboxylic acids is 1. The molecule has 0 aliphatic heterocycles. The Bertz CT molecular complexity index is 1060. The van der Waals surface area contributed by atoms with Crippen molar-refractivity contribution in [3.05, 3.63) is 66.1 Å². The average molecular weight is 428 g/mol. The van der Waals surface area contributed by atoms with E-state index in [2.05, 4.69) is 10.3 Å². The van der Waals surface area contributed by atoms with E-state index in [0.717, 1.165) is 16.5 Å². The molecule has 1 unspecified atom stereocenters. The minimum absolute atomic E-state index is 0.00285. The van der Waals surface area contributed by atoms with Gasteiger partial charge in [0.1, 0.15) is 12.7 Å². The molecule has 31 heavy (non-hydrogen) atoms. The normalized spacial score (nSPS) is 12.5. The van der Waals surface area contributed by atoms with E-state index in [1.165, 1.54) is 18.2 Å². The Morgan fingerprint density at radius 1 is 1.16 bits per heavy atom. The van der Waals surface area contributed by atoms with Gasteiger partial charge >= 0.3 is 11.9 Å². The zero-order valence-corrected chi connectivity index (χ0v) is 17.4. The molecule has 1 aromatic heterocycles. The number of carboxylic acids is 1. The van der Waals surface area contributed by atoms with Crippen LogP contribution in [0.2, 0.25) is 0 Å². The maximum atomic E-state index is 13.8. The van der Waals surface area contributed by atoms with E-state index >= 15 is 0 Å². The van der Waals surface area contributed by atoms with Crippen molar-refractivity contribution in [2.75, 3.05) is 13.2 Å². The van der Waals surface area contributed by atoms with Crippen molar-refractivity contribution >= 4 is 22.8 Å². The van der Waals surface area contributed by atoms with Crippen molar-refractivity contribution in [3.63, 3.8) is 0 Å². The standard InChI is InChI=1S/C23H25FN2O5/c1-23(2,11-15-12-25-19-9-5-3-7-17(15)19)26-13-16(31-22(29)21(27)28)14-30-20-10-6-4-8-18(20)24/h3-10,12,16,25-26H,11,13-14H2,1-2H3,(H,27,28). The molecule has 3 N–H and O–H groups in total. The summed E-state index contributed by atoms with van der Waals surface area (Å²) in [6.07, 6.45) is 1.70. The number of hydrogen-bond acceptors (Lipinski definition) is 5. The lowest BCUT2D eigenvalue weighted by atomic mass is 9.94. The van der Waals surface area contributed by atoms with Crippen LogP contribution in [0.15, 0.2) is 54.7 Å². The molecule has 164 valence electrons. The van der Waals surface area contributed by atoms with Gasteiger partial charge in [-0.1, -0.05) is 30.3 Å². The van der Waals surface area contributed by atoms with Crippen LogP contribution in [-0.2, 0) is 20.7 Å². The van der Waals surface area contributed by atoms with Gasteiger partial charge in [0.2, 0.25) is 0 Å². The summed E-state index contributed by atoms with van der Waals surface area (Å²) in [5, 5.41) is 13.3. The lowest BCUT2D eigenvalue weighted by molar-refractivity contribution is -0.168. The van der Waals surface area contributed by atoms with E-state index < -0.39 is 29.4 Å². The quantitative estimate of drug-likeness (QED) is 0.357. The molecule has 0 aliphatic carbocycles. The smallest absolute Gasteiger partial charge is 0.417 e. The zero-order chi connectivity index (χ0) is 22.4. The first-order chi connectivity index (χ1) is 14.7. The van der Waals surface area contributed by atoms with Crippen molar-refractivity contribution in [2.24, 2.45) is 0 Å². The highest BCUT2D eigenvalue weighted by Gasteiger charge is 2.25. The summed E-state index contributed by atoms with van der Waals surface area (Å²) in [6.45, 7) is 3.91. The van der Waals surface area contributed by atoms with Gasteiger partial charge in [0, 0.05) is 29.2 Å². The number of rotatable bonds is 9. The monoisotopic (exact) mass is 428 g/mol. The first-order valence-electron chi connectivity index (χ1n) is 9.86. The maximum Gasteiger partial charge on any atom is 0.417 e. The van der Waals surface area contributed by atoms with Gasteiger partial charge in [-0.05, 0) is 44.0 Å². The van der Waals surface area contributed by atoms with Crippen LogP contribution in [0.1, 0.15) is 19.4 Å². The third-order valence-electron chi connectivity index (χ3n) is 4.83. The largest absolute Gasteiger partial charge is 0.487 e. The van der Waals surface area contributed by atoms with Crippen LogP contribution in [0.25, 0.3) is 10.9 Å². The van der Waals surface area contributed by atoms with E-state index in [-0.39, 0.29) is 18.9 Å². The number of aromatic amines is 1. The average Bonchev–Trinajstić information content (AvgIpc) is 3.13. The number of aliphatic carboxylic acids is 1. The fourth-order valence-corrected chi connectivity index (χ4v) is 3.29. The van der Waals surface area contributed by atoms with E-state index in [1.807, 2.05) is 44.3 Å². The molecular formula is C23H25FN2O5. The van der Waals surface area contributed by atoms with Crippen LogP contribution in [0.4, 0.5) is 4.39 Å². The van der Waals surface area contributed by atoms with Crippen molar-refractivity contribution in [3.8, 4) is 5.75 Å². The molecule has 8 heteroatoms. The van der Waals surface area contributed by atoms with Crippen molar-refractivity contribution in [1.82, 2.24) is 10.3 Å². The second kappa shape index (κ2) is 9.61. The number of carboxylic acid groups (broad SMARTS) is 1. The third-order valence-corrected chi connectivity index (χ3v) is 4.83. The number of esters is 1. The van der Waals surface area contributed by atoms with Gasteiger partial charge in [-0.2, -0.15) is 0 Å². The van der Waals surface area contributed by atoms with Crippen LogP contribution >= 0.6 is 0 Å². The second-order valence-corrected chi connectivity index (χ2v) is 7.87. The number of ether oxygens (including phenoxy) is 2. The summed E-state index contributed by atoms with van der Waals surface area (Å²) in [6, 6.07) is 13.8. The number of para-hydroxylation sites is 2. The molecule has 3 rings (SSSR count). The number of fused-ring (bicyclic) bond motifs is 1. The van der Waals surface area contributed by atoms with Gasteiger partial charge in [0.05, 0.1) is 0 Å². The van der Waals surface area contributed by atoms with Gasteiger partial charge in [-0.25, -0.2) is 14.0 Å². The number of carbonyl (C=O) groups is 2. The zero-order valence-electron chi connectivity index (χ0n) is 17.4. The topological polar surface area (TPSA) is 101 Å². The van der Waals surface area contributed by atoms with Crippen LogP contribution < -0.4 is 10.1 Å². The Hall–Kier alpha value is -3.39. The van der Waals surface area contributed by atoms with Crippen LogP contribution in [0.3, 0.4) is 0 Å². The van der Waals surface area contributed by atoms with Gasteiger partial charge in [-0.3, -0.25) is 0 Å². The van der Waals surface area contributed by atoms with Crippen molar-refractivity contribution in [2.45, 2.75) is 31.9 Å². The molecule has 1 atom stereocenters. The minimum atomic E-state index is -1.70. The number of benzene rings is 2. The summed E-state index contributed by atoms with van der Waals surface area (Å²) >= 11 is 0. The first-order valence-corrected chi connectivity index (χ1v) is 9.86. The number of hydrogen-bond donors (Lipinski definition) is 3. The van der Waals surface area contributed by atoms with Gasteiger partial charge in [0.25, 0.3) is 0 Å². The highest BCUT2D eigenvalue weighted by Crippen LogP contribution is 2.22. The van der Waals surface area contributed by atoms with E-state index in [4.69, 9.17) is 14.6 Å². The van der Waals surface area contributed by atoms with Crippen molar-refractivity contribution in [1.29, 1.82) is 0 Å². The molecule has 0 amide bonds. The molecule has 0 bridgehead atoms. The van der Waals surface area contributed by atoms with Gasteiger partial charge in [0.15, 0.2) is 11.6 Å². The molecule has 0 spiro atoms. The van der Waals surface area contributed by atoms with Gasteiger partial charge in [-0.15, -0.1) is 0 Å². The molecule has 0 saturated carbocycles. The second-order valence-electron chi connectivity index (χ2n) is 7.87. The number of nitrogens with one attached hydrogen (secondary N) is 2. The maximum absolute atomic E-state index is 13.8. The molecule has 3 aromatic rings. The first kappa shape index (κ1) is 22.3. The number of H-pyrrole nitrogens is 1. The Morgan fingerprint density at radius 2 is 1.87 bits per heavy atom. The summed E-state index contributed by atoms with van der Waals surface area (Å²) in [7, 11) is 0. The van der Waals surface area contributed by atoms with Crippen LogP contribution in [0.5, 0.6) is 5.75 Å². The summed E-state index contributed by atoms with van der Waals surface area (Å²) in [5.74, 6) is -3.65. The fraction of sp³-hybridized carbons (Fsp3) is 0.304. The predicted octanol–water partition coefficient (Wildman–Crippen LogP) is 3.29. The highest BCUT2D eigenvalue weighted by molar-refractivity contribution is 6.28. The molecular weight excluding hydrogens is 403 g/mol. The summed E-state index contributed by atoms with van der Waals surface area (Å²) in [5.41, 5.74) is 1.76. The SMILES string of the molecule is CC(C)(Cc1c[nH]c2ccccc12)NCC(COc1ccccc1F)OC(=O)C(=O)O. The molecule has 1 heterocycles. The van der Waals surface area contributed by atoms with Crippen molar-refractivity contribution < 1.29 is 28.6 Å². The molecule has 0 saturated heterocycles. The van der Waals surface area contributed by atoms with E-state index in [9.17, 15) is 14.0 Å². The third kappa shape index (κ3) is 6.05. The minimum Gasteiger partial charge on any atom is -0.487 e. The van der Waals surface area contributed by atoms with Gasteiger partial charge < -0.3 is 24.9 Å². The lowest BCUT2D eigenvalue weighted by Crippen LogP contribution is -2.47. The van der Waals surface area contributed by atoms with E-state index in [1.54, 1.807) is 6.07 Å². The molecule has 0 radical (unpaired) electrons. The molecule has 2 aromatic carbocycles. The molecule has 0 fully saturated rings. The molecule has 7 nitrogen and oxygen atoms in total. The Morgan fingerprint density at radius 3 is 2.61 bits per heavy atom. The van der Waals surface area contributed by atoms with E-state index in [0.29, 0.717) is 6.42 Å². The fourth-order valence-electron chi connectivity index (χ4n) is 3.29. The van der Waals surface area contributed by atoms with Crippen LogP contribution in [-0.4, -0.2) is 46.8 Å². The summed E-state index contributed by atoms with van der Waals surface area (Å²) < 4.78 is 24.2. The highest BCUT2D eigenvalue weighted by atomic mass is 19.1. The lowest BCUT2D eigenvalue weighted by Gasteiger charge is -2.29. The number of aromatic nitrogens is 1.